The number of carbonyl (C=O) groups excluding carboxylic acids is 1. The number of piperidine rings is 1. The van der Waals surface area contributed by atoms with E-state index in [9.17, 15) is 9.90 Å². The first-order valence-corrected chi connectivity index (χ1v) is 12.3. The Hall–Kier alpha value is -2.19. The number of aromatic nitrogens is 2. The highest BCUT2D eigenvalue weighted by molar-refractivity contribution is 7.11. The van der Waals surface area contributed by atoms with Crippen molar-refractivity contribution in [2.24, 2.45) is 0 Å². The van der Waals surface area contributed by atoms with Crippen LogP contribution in [0.15, 0.2) is 36.4 Å². The Morgan fingerprint density at radius 2 is 2.09 bits per heavy atom. The molecule has 0 saturated carbocycles. The number of H-pyrrole nitrogens is 1. The minimum absolute atomic E-state index is 0.146. The zero-order valence-corrected chi connectivity index (χ0v) is 19.7. The van der Waals surface area contributed by atoms with Crippen molar-refractivity contribution < 1.29 is 9.90 Å². The zero-order valence-electron chi connectivity index (χ0n) is 18.2. The number of amides is 1. The zero-order chi connectivity index (χ0) is 22.5. The second-order valence-corrected chi connectivity index (χ2v) is 9.74. The minimum Gasteiger partial charge on any atom is -0.396 e. The fourth-order valence-electron chi connectivity index (χ4n) is 4.10. The van der Waals surface area contributed by atoms with Gasteiger partial charge in [0.2, 0.25) is 0 Å². The number of aryl methyl sites for hydroxylation is 2. The summed E-state index contributed by atoms with van der Waals surface area (Å²) in [6.45, 7) is 3.12. The van der Waals surface area contributed by atoms with E-state index in [0.717, 1.165) is 60.6 Å². The van der Waals surface area contributed by atoms with Gasteiger partial charge in [0.25, 0.3) is 5.91 Å². The summed E-state index contributed by atoms with van der Waals surface area (Å²) in [5.41, 5.74) is 3.35. The number of hydrogen-bond donors (Lipinski definition) is 4. The molecular weight excluding hydrogens is 444 g/mol. The average Bonchev–Trinajstić information content (AvgIpc) is 3.44. The number of thiazole rings is 1. The number of rotatable bonds is 8. The molecule has 2 atom stereocenters. The highest BCUT2D eigenvalue weighted by Gasteiger charge is 2.30. The number of hydrogen-bond acceptors (Lipinski definition) is 5. The summed E-state index contributed by atoms with van der Waals surface area (Å²) in [6, 6.07) is 11.2. The molecule has 2 unspecified atom stereocenters. The molecule has 1 aliphatic heterocycles. The highest BCUT2D eigenvalue weighted by Crippen LogP contribution is 2.30. The van der Waals surface area contributed by atoms with Crippen molar-refractivity contribution in [3.8, 4) is 11.3 Å². The van der Waals surface area contributed by atoms with E-state index in [1.54, 1.807) is 11.3 Å². The van der Waals surface area contributed by atoms with Gasteiger partial charge in [0.15, 0.2) is 0 Å². The molecule has 0 spiro atoms. The Balaban J connectivity index is 1.54. The lowest BCUT2D eigenvalue weighted by atomic mass is 9.98. The molecule has 3 aromatic rings. The van der Waals surface area contributed by atoms with Crippen LogP contribution in [0.2, 0.25) is 5.02 Å². The third-order valence-corrected chi connectivity index (χ3v) is 7.41. The van der Waals surface area contributed by atoms with Gasteiger partial charge in [-0.2, -0.15) is 0 Å². The SMILES string of the molecule is Cc1nc(C(NC(=O)c2ccc(-c3ccc(Cl)cc3)[nH]2)C2CCCCN2)sc1CCCO. The first-order valence-electron chi connectivity index (χ1n) is 11.1. The van der Waals surface area contributed by atoms with Gasteiger partial charge in [-0.1, -0.05) is 30.2 Å². The van der Waals surface area contributed by atoms with E-state index in [1.165, 1.54) is 4.88 Å². The lowest BCUT2D eigenvalue weighted by Crippen LogP contribution is -2.46. The van der Waals surface area contributed by atoms with Crippen LogP contribution in [0.5, 0.6) is 0 Å². The molecule has 0 bridgehead atoms. The number of aliphatic hydroxyl groups excluding tert-OH is 1. The van der Waals surface area contributed by atoms with Gasteiger partial charge in [0.05, 0.1) is 11.7 Å². The van der Waals surface area contributed by atoms with Crippen LogP contribution in [0.25, 0.3) is 11.3 Å². The molecule has 32 heavy (non-hydrogen) atoms. The van der Waals surface area contributed by atoms with E-state index in [1.807, 2.05) is 43.3 Å². The molecule has 4 N–H and O–H groups in total. The number of aliphatic hydroxyl groups is 1. The molecule has 1 fully saturated rings. The second kappa shape index (κ2) is 10.6. The predicted octanol–water partition coefficient (Wildman–Crippen LogP) is 4.64. The molecule has 2 aromatic heterocycles. The molecule has 3 heterocycles. The lowest BCUT2D eigenvalue weighted by Gasteiger charge is -2.30. The molecule has 1 aromatic carbocycles. The van der Waals surface area contributed by atoms with Crippen LogP contribution in [-0.4, -0.2) is 40.2 Å². The van der Waals surface area contributed by atoms with Gasteiger partial charge in [0, 0.05) is 28.2 Å². The van der Waals surface area contributed by atoms with E-state index in [-0.39, 0.29) is 24.6 Å². The van der Waals surface area contributed by atoms with Crippen LogP contribution in [-0.2, 0) is 6.42 Å². The van der Waals surface area contributed by atoms with E-state index in [0.29, 0.717) is 10.7 Å². The summed E-state index contributed by atoms with van der Waals surface area (Å²) in [6.07, 6.45) is 4.80. The van der Waals surface area contributed by atoms with E-state index < -0.39 is 0 Å². The van der Waals surface area contributed by atoms with Gasteiger partial charge < -0.3 is 20.7 Å². The Bertz CT molecular complexity index is 1040. The Morgan fingerprint density at radius 1 is 1.28 bits per heavy atom. The smallest absolute Gasteiger partial charge is 0.268 e. The first-order chi connectivity index (χ1) is 15.5. The van der Waals surface area contributed by atoms with Crippen molar-refractivity contribution in [3.05, 3.63) is 62.7 Å². The monoisotopic (exact) mass is 472 g/mol. The summed E-state index contributed by atoms with van der Waals surface area (Å²) in [4.78, 5) is 22.4. The maximum Gasteiger partial charge on any atom is 0.268 e. The van der Waals surface area contributed by atoms with E-state index in [2.05, 4.69) is 15.6 Å². The van der Waals surface area contributed by atoms with Crippen LogP contribution >= 0.6 is 22.9 Å². The summed E-state index contributed by atoms with van der Waals surface area (Å²) in [7, 11) is 0. The Labute approximate surface area is 197 Å². The minimum atomic E-state index is -0.198. The fourth-order valence-corrected chi connectivity index (χ4v) is 5.45. The van der Waals surface area contributed by atoms with Crippen LogP contribution in [0.3, 0.4) is 0 Å². The molecule has 170 valence electrons. The van der Waals surface area contributed by atoms with E-state index in [4.69, 9.17) is 16.6 Å². The van der Waals surface area contributed by atoms with Crippen molar-refractivity contribution in [2.45, 2.75) is 51.1 Å². The number of nitrogens with one attached hydrogen (secondary N) is 3. The molecule has 1 saturated heterocycles. The first kappa shape index (κ1) is 23.0. The van der Waals surface area contributed by atoms with Gasteiger partial charge in [-0.05, 0) is 69.0 Å². The van der Waals surface area contributed by atoms with Crippen molar-refractivity contribution in [2.75, 3.05) is 13.2 Å². The van der Waals surface area contributed by atoms with E-state index >= 15 is 0 Å². The molecule has 8 heteroatoms. The summed E-state index contributed by atoms with van der Waals surface area (Å²) in [5.74, 6) is -0.146. The third-order valence-electron chi connectivity index (χ3n) is 5.86. The number of halogens is 1. The predicted molar refractivity (Wildman–Crippen MR) is 129 cm³/mol. The van der Waals surface area contributed by atoms with Crippen molar-refractivity contribution >= 4 is 28.8 Å². The Morgan fingerprint density at radius 3 is 2.81 bits per heavy atom. The molecule has 1 amide bonds. The third kappa shape index (κ3) is 5.41. The van der Waals surface area contributed by atoms with Crippen LogP contribution in [0.1, 0.15) is 57.8 Å². The maximum atomic E-state index is 13.2. The lowest BCUT2D eigenvalue weighted by molar-refractivity contribution is 0.0918. The highest BCUT2D eigenvalue weighted by atomic mass is 35.5. The number of carbonyl (C=O) groups is 1. The molecule has 0 radical (unpaired) electrons. The second-order valence-electron chi connectivity index (χ2n) is 8.19. The van der Waals surface area contributed by atoms with Crippen molar-refractivity contribution in [1.29, 1.82) is 0 Å². The number of benzene rings is 1. The van der Waals surface area contributed by atoms with Gasteiger partial charge >= 0.3 is 0 Å². The van der Waals surface area contributed by atoms with Gasteiger partial charge in [-0.15, -0.1) is 11.3 Å². The molecule has 0 aliphatic carbocycles. The molecule has 4 rings (SSSR count). The van der Waals surface area contributed by atoms with Gasteiger partial charge in [0.1, 0.15) is 10.7 Å². The quantitative estimate of drug-likeness (QED) is 0.384. The largest absolute Gasteiger partial charge is 0.396 e. The maximum absolute atomic E-state index is 13.2. The van der Waals surface area contributed by atoms with Gasteiger partial charge in [-0.3, -0.25) is 4.79 Å². The van der Waals surface area contributed by atoms with Crippen LogP contribution in [0, 0.1) is 6.92 Å². The molecular formula is C24H29ClN4O2S. The molecule has 1 aliphatic rings. The van der Waals surface area contributed by atoms with Crippen LogP contribution in [0.4, 0.5) is 0 Å². The topological polar surface area (TPSA) is 90.0 Å². The number of nitrogens with zero attached hydrogens (tertiary/aromatic N) is 1. The molecule has 6 nitrogen and oxygen atoms in total. The summed E-state index contributed by atoms with van der Waals surface area (Å²) >= 11 is 7.63. The van der Waals surface area contributed by atoms with Crippen molar-refractivity contribution in [1.82, 2.24) is 20.6 Å². The van der Waals surface area contributed by atoms with Crippen LogP contribution < -0.4 is 10.6 Å². The van der Waals surface area contributed by atoms with Crippen molar-refractivity contribution in [3.63, 3.8) is 0 Å². The normalized spacial score (nSPS) is 17.3. The standard InChI is InChI=1S/C24H29ClN4O2S/c1-15-21(6-4-14-30)32-24(27-15)22(19-5-2-3-13-26-19)29-23(31)20-12-11-18(28-20)16-7-9-17(25)10-8-16/h7-12,19,22,26,28,30H,2-6,13-14H2,1H3,(H,29,31). The number of aromatic amines is 1. The Kier molecular flexibility index (Phi) is 7.63. The summed E-state index contributed by atoms with van der Waals surface area (Å²) < 4.78 is 0. The fraction of sp³-hybridized carbons (Fsp3) is 0.417. The average molecular weight is 473 g/mol. The summed E-state index contributed by atoms with van der Waals surface area (Å²) in [5, 5.41) is 17.6. The van der Waals surface area contributed by atoms with Gasteiger partial charge in [-0.25, -0.2) is 4.98 Å².